The molecular weight excluding hydrogens is 282 g/mol. The third kappa shape index (κ3) is 3.55. The van der Waals surface area contributed by atoms with Crippen LogP contribution < -0.4 is 0 Å². The quantitative estimate of drug-likeness (QED) is 0.804. The van der Waals surface area contributed by atoms with Gasteiger partial charge in [0.15, 0.2) is 0 Å². The molecule has 2 aliphatic rings. The average Bonchev–Trinajstić information content (AvgIpc) is 2.72. The topological polar surface area (TPSA) is 66.8 Å². The first-order valence-corrected chi connectivity index (χ1v) is 8.15. The largest absolute Gasteiger partial charge is 0.481 e. The minimum absolute atomic E-state index is 0.269. The van der Waals surface area contributed by atoms with Crippen molar-refractivity contribution in [2.75, 3.05) is 13.1 Å². The lowest BCUT2D eigenvalue weighted by Crippen LogP contribution is -2.41. The first-order valence-electron chi connectivity index (χ1n) is 8.15. The Balaban J connectivity index is 2.14. The number of amides is 1. The number of hydrogen-bond donors (Lipinski definition) is 1. The zero-order valence-corrected chi connectivity index (χ0v) is 14.4. The molecule has 5 nitrogen and oxygen atoms in total. The standard InChI is InChI=1S/C17H29NO4/c1-15(2,3)22-14(21)18-10-12(13(19)20)17(11-18)8-6-16(4,5)7-9-17/h12H,6-11H2,1-5H3,(H,19,20). The molecule has 1 aliphatic heterocycles. The number of ether oxygens (including phenoxy) is 1. The highest BCUT2D eigenvalue weighted by Crippen LogP contribution is 2.52. The molecule has 1 spiro atoms. The van der Waals surface area contributed by atoms with Crippen LogP contribution in [0.4, 0.5) is 4.79 Å². The number of rotatable bonds is 1. The third-order valence-electron chi connectivity index (χ3n) is 5.20. The van der Waals surface area contributed by atoms with Crippen LogP contribution in [0.2, 0.25) is 0 Å². The van der Waals surface area contributed by atoms with Crippen LogP contribution in [0.1, 0.15) is 60.3 Å². The maximum absolute atomic E-state index is 12.3. The summed E-state index contributed by atoms with van der Waals surface area (Å²) >= 11 is 0. The molecule has 1 heterocycles. The van der Waals surface area contributed by atoms with Crippen molar-refractivity contribution in [1.29, 1.82) is 0 Å². The highest BCUT2D eigenvalue weighted by molar-refractivity contribution is 5.75. The van der Waals surface area contributed by atoms with E-state index in [1.807, 2.05) is 20.8 Å². The number of nitrogens with zero attached hydrogens (tertiary/aromatic N) is 1. The second-order valence-corrected chi connectivity index (χ2v) is 8.78. The minimum atomic E-state index is -0.786. The second kappa shape index (κ2) is 5.43. The van der Waals surface area contributed by atoms with Crippen LogP contribution in [0.3, 0.4) is 0 Å². The summed E-state index contributed by atoms with van der Waals surface area (Å²) < 4.78 is 5.42. The molecule has 1 aliphatic carbocycles. The normalized spacial score (nSPS) is 27.0. The monoisotopic (exact) mass is 311 g/mol. The van der Waals surface area contributed by atoms with E-state index in [9.17, 15) is 14.7 Å². The maximum Gasteiger partial charge on any atom is 0.410 e. The number of carboxylic acid groups (broad SMARTS) is 1. The van der Waals surface area contributed by atoms with Crippen molar-refractivity contribution < 1.29 is 19.4 Å². The molecule has 5 heteroatoms. The molecule has 0 aromatic heterocycles. The lowest BCUT2D eigenvalue weighted by molar-refractivity contribution is -0.146. The molecule has 22 heavy (non-hydrogen) atoms. The van der Waals surface area contributed by atoms with Gasteiger partial charge >= 0.3 is 12.1 Å². The van der Waals surface area contributed by atoms with Gasteiger partial charge in [-0.25, -0.2) is 4.79 Å². The smallest absolute Gasteiger partial charge is 0.410 e. The second-order valence-electron chi connectivity index (χ2n) is 8.78. The number of hydrogen-bond acceptors (Lipinski definition) is 3. The van der Waals surface area contributed by atoms with E-state index < -0.39 is 17.5 Å². The Morgan fingerprint density at radius 3 is 2.14 bits per heavy atom. The predicted molar refractivity (Wildman–Crippen MR) is 83.6 cm³/mol. The molecule has 1 saturated carbocycles. The Labute approximate surface area is 133 Å². The number of carboxylic acids is 1. The summed E-state index contributed by atoms with van der Waals surface area (Å²) in [6, 6.07) is 0. The number of carbonyl (C=O) groups excluding carboxylic acids is 1. The van der Waals surface area contributed by atoms with E-state index in [0.717, 1.165) is 25.7 Å². The Kier molecular flexibility index (Phi) is 4.22. The van der Waals surface area contributed by atoms with Gasteiger partial charge in [-0.15, -0.1) is 0 Å². The summed E-state index contributed by atoms with van der Waals surface area (Å²) in [7, 11) is 0. The summed E-state index contributed by atoms with van der Waals surface area (Å²) in [4.78, 5) is 25.6. The highest BCUT2D eigenvalue weighted by atomic mass is 16.6. The van der Waals surface area contributed by atoms with Crippen LogP contribution in [0.25, 0.3) is 0 Å². The molecule has 126 valence electrons. The molecule has 1 saturated heterocycles. The molecule has 1 amide bonds. The van der Waals surface area contributed by atoms with Gasteiger partial charge in [-0.05, 0) is 51.9 Å². The lowest BCUT2D eigenvalue weighted by atomic mass is 9.61. The summed E-state index contributed by atoms with van der Waals surface area (Å²) in [5.41, 5.74) is -0.563. The van der Waals surface area contributed by atoms with E-state index in [4.69, 9.17) is 4.74 Å². The Morgan fingerprint density at radius 2 is 1.68 bits per heavy atom. The van der Waals surface area contributed by atoms with E-state index >= 15 is 0 Å². The average molecular weight is 311 g/mol. The predicted octanol–water partition coefficient (Wildman–Crippen LogP) is 3.52. The molecule has 1 N–H and O–H groups in total. The van der Waals surface area contributed by atoms with Crippen molar-refractivity contribution in [2.45, 2.75) is 65.9 Å². The van der Waals surface area contributed by atoms with Gasteiger partial charge in [0.05, 0.1) is 5.92 Å². The maximum atomic E-state index is 12.3. The van der Waals surface area contributed by atoms with Gasteiger partial charge in [0.1, 0.15) is 5.60 Å². The van der Waals surface area contributed by atoms with Crippen molar-refractivity contribution in [2.24, 2.45) is 16.7 Å². The molecule has 0 aromatic carbocycles. The highest BCUT2D eigenvalue weighted by Gasteiger charge is 2.54. The zero-order valence-electron chi connectivity index (χ0n) is 14.4. The Bertz CT molecular complexity index is 454. The van der Waals surface area contributed by atoms with Crippen molar-refractivity contribution in [3.63, 3.8) is 0 Å². The minimum Gasteiger partial charge on any atom is -0.481 e. The van der Waals surface area contributed by atoms with E-state index in [-0.39, 0.29) is 23.5 Å². The van der Waals surface area contributed by atoms with Crippen LogP contribution >= 0.6 is 0 Å². The van der Waals surface area contributed by atoms with Crippen molar-refractivity contribution in [3.05, 3.63) is 0 Å². The van der Waals surface area contributed by atoms with Crippen LogP contribution in [0.15, 0.2) is 0 Å². The molecule has 0 bridgehead atoms. The summed E-state index contributed by atoms with van der Waals surface area (Å²) in [5.74, 6) is -1.26. The summed E-state index contributed by atoms with van der Waals surface area (Å²) in [6.45, 7) is 10.7. The fourth-order valence-electron chi connectivity index (χ4n) is 3.71. The number of aliphatic carboxylic acids is 1. The van der Waals surface area contributed by atoms with Gasteiger partial charge in [0, 0.05) is 18.5 Å². The van der Waals surface area contributed by atoms with Crippen LogP contribution in [0, 0.1) is 16.7 Å². The molecule has 1 atom stereocenters. The van der Waals surface area contributed by atoms with E-state index in [2.05, 4.69) is 13.8 Å². The van der Waals surface area contributed by atoms with Gasteiger partial charge in [0.2, 0.25) is 0 Å². The van der Waals surface area contributed by atoms with Crippen LogP contribution in [-0.2, 0) is 9.53 Å². The van der Waals surface area contributed by atoms with Gasteiger partial charge in [-0.2, -0.15) is 0 Å². The number of likely N-dealkylation sites (tertiary alicyclic amines) is 1. The van der Waals surface area contributed by atoms with Gasteiger partial charge in [-0.1, -0.05) is 13.8 Å². The fourth-order valence-corrected chi connectivity index (χ4v) is 3.71. The van der Waals surface area contributed by atoms with Crippen molar-refractivity contribution in [3.8, 4) is 0 Å². The molecule has 0 aromatic rings. The third-order valence-corrected chi connectivity index (χ3v) is 5.20. The number of carbonyl (C=O) groups is 2. The Morgan fingerprint density at radius 1 is 1.14 bits per heavy atom. The van der Waals surface area contributed by atoms with Crippen LogP contribution in [0.5, 0.6) is 0 Å². The van der Waals surface area contributed by atoms with Gasteiger partial charge < -0.3 is 14.7 Å². The molecule has 0 radical (unpaired) electrons. The lowest BCUT2D eigenvalue weighted by Gasteiger charge is -2.43. The zero-order chi connectivity index (χ0) is 16.8. The fraction of sp³-hybridized carbons (Fsp3) is 0.882. The molecule has 2 fully saturated rings. The molecular formula is C17H29NO4. The Hall–Kier alpha value is -1.26. The van der Waals surface area contributed by atoms with E-state index in [0.29, 0.717) is 6.54 Å². The first kappa shape index (κ1) is 17.1. The van der Waals surface area contributed by atoms with E-state index in [1.165, 1.54) is 0 Å². The SMILES string of the molecule is CC1(C)CCC2(CC1)CN(C(=O)OC(C)(C)C)CC2C(=O)O. The van der Waals surface area contributed by atoms with Crippen molar-refractivity contribution >= 4 is 12.1 Å². The van der Waals surface area contributed by atoms with Crippen molar-refractivity contribution in [1.82, 2.24) is 4.90 Å². The van der Waals surface area contributed by atoms with Gasteiger partial charge in [0.25, 0.3) is 0 Å². The first-order chi connectivity index (χ1) is 9.94. The van der Waals surface area contributed by atoms with Crippen LogP contribution in [-0.4, -0.2) is 40.8 Å². The molecule has 2 rings (SSSR count). The molecule has 1 unspecified atom stereocenters. The summed E-state index contributed by atoms with van der Waals surface area (Å²) in [6.07, 6.45) is 3.38. The van der Waals surface area contributed by atoms with E-state index in [1.54, 1.807) is 4.90 Å². The summed E-state index contributed by atoms with van der Waals surface area (Å²) in [5, 5.41) is 9.61. The van der Waals surface area contributed by atoms with Gasteiger partial charge in [-0.3, -0.25) is 4.79 Å².